The van der Waals surface area contributed by atoms with Crippen LogP contribution in [0.3, 0.4) is 0 Å². The van der Waals surface area contributed by atoms with E-state index in [4.69, 9.17) is 0 Å². The Morgan fingerprint density at radius 1 is 1.00 bits per heavy atom. The monoisotopic (exact) mass is 400 g/mol. The number of aryl methyl sites for hydroxylation is 1. The van der Waals surface area contributed by atoms with Gasteiger partial charge in [0.05, 0.1) is 6.54 Å². The van der Waals surface area contributed by atoms with Crippen LogP contribution in [0.15, 0.2) is 36.4 Å². The van der Waals surface area contributed by atoms with Crippen molar-refractivity contribution in [2.45, 2.75) is 32.7 Å². The molecule has 1 aromatic carbocycles. The number of rotatable bonds is 9. The normalized spacial score (nSPS) is 13.9. The third-order valence-electron chi connectivity index (χ3n) is 4.30. The fourth-order valence-electron chi connectivity index (χ4n) is 2.59. The summed E-state index contributed by atoms with van der Waals surface area (Å²) in [5.74, 6) is -2.34. The van der Waals surface area contributed by atoms with Crippen molar-refractivity contribution in [3.8, 4) is 0 Å². The summed E-state index contributed by atoms with van der Waals surface area (Å²) < 4.78 is 0. The van der Waals surface area contributed by atoms with Crippen molar-refractivity contribution in [3.63, 3.8) is 0 Å². The van der Waals surface area contributed by atoms with E-state index in [1.54, 1.807) is 12.1 Å². The lowest BCUT2D eigenvalue weighted by molar-refractivity contribution is -0.137. The third kappa shape index (κ3) is 6.56. The third-order valence-corrected chi connectivity index (χ3v) is 4.30. The molecule has 1 heterocycles. The number of benzene rings is 1. The van der Waals surface area contributed by atoms with Gasteiger partial charge in [-0.25, -0.2) is 0 Å². The van der Waals surface area contributed by atoms with Crippen molar-refractivity contribution >= 4 is 35.2 Å². The van der Waals surface area contributed by atoms with E-state index in [9.17, 15) is 24.0 Å². The van der Waals surface area contributed by atoms with Gasteiger partial charge in [0.1, 0.15) is 6.04 Å². The number of carbonyl (C=O) groups excluding carboxylic acids is 5. The number of hydrogen-bond acceptors (Lipinski definition) is 5. The van der Waals surface area contributed by atoms with E-state index in [0.717, 1.165) is 29.0 Å². The van der Waals surface area contributed by atoms with Gasteiger partial charge in [0, 0.05) is 30.8 Å². The molecule has 1 aromatic rings. The number of nitrogens with zero attached hydrogens (tertiary/aromatic N) is 1. The summed E-state index contributed by atoms with van der Waals surface area (Å²) >= 11 is 0. The summed E-state index contributed by atoms with van der Waals surface area (Å²) in [5, 5.41) is 7.59. The Hall–Kier alpha value is -3.49. The minimum Gasteiger partial charge on any atom is -0.345 e. The van der Waals surface area contributed by atoms with Crippen LogP contribution in [0.2, 0.25) is 0 Å². The minimum atomic E-state index is -0.873. The van der Waals surface area contributed by atoms with Crippen molar-refractivity contribution in [2.24, 2.45) is 0 Å². The molecule has 2 rings (SSSR count). The maximum Gasteiger partial charge on any atom is 0.253 e. The zero-order valence-corrected chi connectivity index (χ0v) is 16.4. The standard InChI is InChI=1S/C20H24N4O5/c1-3-14-4-6-15(7-5-14)23-17(26)12-21-20(29)13(2)22-16(25)10-11-24-18(27)8-9-19(24)28/h4-9,13H,3,10-12H2,1-2H3,(H,21,29)(H,22,25)(H,23,26). The molecule has 0 saturated heterocycles. The molecule has 0 radical (unpaired) electrons. The Labute approximate surface area is 168 Å². The van der Waals surface area contributed by atoms with Gasteiger partial charge in [0.2, 0.25) is 17.7 Å². The first-order chi connectivity index (χ1) is 13.8. The number of nitrogens with one attached hydrogen (secondary N) is 3. The molecule has 1 unspecified atom stereocenters. The van der Waals surface area contributed by atoms with Crippen LogP contribution in [0.1, 0.15) is 25.8 Å². The number of anilines is 1. The predicted octanol–water partition coefficient (Wildman–Crippen LogP) is 0.124. The highest BCUT2D eigenvalue weighted by molar-refractivity contribution is 6.13. The lowest BCUT2D eigenvalue weighted by atomic mass is 10.1. The molecule has 0 aliphatic carbocycles. The smallest absolute Gasteiger partial charge is 0.253 e. The van der Waals surface area contributed by atoms with Gasteiger partial charge in [0.25, 0.3) is 11.8 Å². The molecule has 29 heavy (non-hydrogen) atoms. The SMILES string of the molecule is CCc1ccc(NC(=O)CNC(=O)C(C)NC(=O)CCN2C(=O)C=CC2=O)cc1. The van der Waals surface area contributed by atoms with Gasteiger partial charge in [-0.2, -0.15) is 0 Å². The van der Waals surface area contributed by atoms with E-state index < -0.39 is 29.7 Å². The van der Waals surface area contributed by atoms with E-state index >= 15 is 0 Å². The van der Waals surface area contributed by atoms with E-state index in [1.165, 1.54) is 6.92 Å². The molecule has 5 amide bonds. The van der Waals surface area contributed by atoms with Gasteiger partial charge in [-0.1, -0.05) is 19.1 Å². The second-order valence-electron chi connectivity index (χ2n) is 6.52. The molecule has 9 nitrogen and oxygen atoms in total. The molecule has 9 heteroatoms. The van der Waals surface area contributed by atoms with Crippen LogP contribution in [0.25, 0.3) is 0 Å². The lowest BCUT2D eigenvalue weighted by Crippen LogP contribution is -2.47. The van der Waals surface area contributed by atoms with Crippen molar-refractivity contribution < 1.29 is 24.0 Å². The second kappa shape index (κ2) is 10.2. The largest absolute Gasteiger partial charge is 0.345 e. The Balaban J connectivity index is 1.69. The lowest BCUT2D eigenvalue weighted by Gasteiger charge is -2.16. The van der Waals surface area contributed by atoms with Gasteiger partial charge in [-0.05, 0) is 31.0 Å². The predicted molar refractivity (Wildman–Crippen MR) is 106 cm³/mol. The number of amides is 5. The van der Waals surface area contributed by atoms with Crippen LogP contribution in [0.4, 0.5) is 5.69 Å². The first-order valence-electron chi connectivity index (χ1n) is 9.29. The summed E-state index contributed by atoms with van der Waals surface area (Å²) in [6.45, 7) is 3.20. The average molecular weight is 400 g/mol. The quantitative estimate of drug-likeness (QED) is 0.508. The highest BCUT2D eigenvalue weighted by atomic mass is 16.2. The molecule has 0 saturated carbocycles. The van der Waals surface area contributed by atoms with Gasteiger partial charge in [0.15, 0.2) is 0 Å². The van der Waals surface area contributed by atoms with E-state index in [2.05, 4.69) is 16.0 Å². The molecule has 0 aromatic heterocycles. The molecule has 3 N–H and O–H groups in total. The summed E-state index contributed by atoms with van der Waals surface area (Å²) in [4.78, 5) is 59.7. The fourth-order valence-corrected chi connectivity index (χ4v) is 2.59. The van der Waals surface area contributed by atoms with Crippen molar-refractivity contribution in [2.75, 3.05) is 18.4 Å². The molecule has 1 aliphatic rings. The minimum absolute atomic E-state index is 0.0654. The summed E-state index contributed by atoms with van der Waals surface area (Å²) in [6, 6.07) is 6.51. The van der Waals surface area contributed by atoms with Crippen LogP contribution in [-0.4, -0.2) is 53.6 Å². The number of carbonyl (C=O) groups is 5. The second-order valence-corrected chi connectivity index (χ2v) is 6.52. The molecule has 0 fully saturated rings. The maximum absolute atomic E-state index is 12.0. The first-order valence-corrected chi connectivity index (χ1v) is 9.29. The van der Waals surface area contributed by atoms with Crippen molar-refractivity contribution in [1.29, 1.82) is 0 Å². The van der Waals surface area contributed by atoms with E-state index in [-0.39, 0.29) is 25.4 Å². The van der Waals surface area contributed by atoms with Crippen LogP contribution >= 0.6 is 0 Å². The molecule has 1 aliphatic heterocycles. The summed E-state index contributed by atoms with van der Waals surface area (Å²) in [7, 11) is 0. The maximum atomic E-state index is 12.0. The van der Waals surface area contributed by atoms with Gasteiger partial charge >= 0.3 is 0 Å². The summed E-state index contributed by atoms with van der Waals surface area (Å²) in [6.07, 6.45) is 3.06. The molecule has 154 valence electrons. The van der Waals surface area contributed by atoms with Crippen LogP contribution in [0, 0.1) is 0 Å². The first kappa shape index (κ1) is 21.8. The molecular formula is C20H24N4O5. The van der Waals surface area contributed by atoms with Crippen LogP contribution < -0.4 is 16.0 Å². The molecular weight excluding hydrogens is 376 g/mol. The zero-order chi connectivity index (χ0) is 21.4. The Bertz CT molecular complexity index is 814. The topological polar surface area (TPSA) is 125 Å². The number of hydrogen-bond donors (Lipinski definition) is 3. The van der Waals surface area contributed by atoms with Crippen LogP contribution in [-0.2, 0) is 30.4 Å². The Kier molecular flexibility index (Phi) is 7.64. The van der Waals surface area contributed by atoms with Gasteiger partial charge < -0.3 is 16.0 Å². The molecule has 0 bridgehead atoms. The van der Waals surface area contributed by atoms with Crippen molar-refractivity contribution in [1.82, 2.24) is 15.5 Å². The Morgan fingerprint density at radius 3 is 2.21 bits per heavy atom. The van der Waals surface area contributed by atoms with Crippen LogP contribution in [0.5, 0.6) is 0 Å². The highest BCUT2D eigenvalue weighted by Crippen LogP contribution is 2.09. The Morgan fingerprint density at radius 2 is 1.62 bits per heavy atom. The zero-order valence-electron chi connectivity index (χ0n) is 16.4. The van der Waals surface area contributed by atoms with Gasteiger partial charge in [-0.3, -0.25) is 28.9 Å². The van der Waals surface area contributed by atoms with Crippen molar-refractivity contribution in [3.05, 3.63) is 42.0 Å². The fraction of sp³-hybridized carbons (Fsp3) is 0.350. The highest BCUT2D eigenvalue weighted by Gasteiger charge is 2.24. The number of imide groups is 1. The average Bonchev–Trinajstić information content (AvgIpc) is 3.02. The van der Waals surface area contributed by atoms with Gasteiger partial charge in [-0.15, -0.1) is 0 Å². The molecule has 1 atom stereocenters. The van der Waals surface area contributed by atoms with E-state index in [0.29, 0.717) is 5.69 Å². The summed E-state index contributed by atoms with van der Waals surface area (Å²) in [5.41, 5.74) is 1.78. The molecule has 0 spiro atoms. The van der Waals surface area contributed by atoms with E-state index in [1.807, 2.05) is 19.1 Å².